The largest absolute Gasteiger partial charge is 0.507 e. The van der Waals surface area contributed by atoms with E-state index >= 15 is 0 Å². The summed E-state index contributed by atoms with van der Waals surface area (Å²) in [5.74, 6) is -0.439. The molecule has 3 aromatic carbocycles. The van der Waals surface area contributed by atoms with Crippen LogP contribution in [0.2, 0.25) is 0 Å². The Labute approximate surface area is 225 Å². The fraction of sp³-hybridized carbons (Fsp3) is 0.333. The van der Waals surface area contributed by atoms with Crippen molar-refractivity contribution in [3.63, 3.8) is 0 Å². The van der Waals surface area contributed by atoms with Gasteiger partial charge in [0.2, 0.25) is 0 Å². The first kappa shape index (κ1) is 27.2. The Morgan fingerprint density at radius 3 is 2.21 bits per heavy atom. The number of ether oxygens (including phenoxy) is 1. The number of carbonyl (C=O) groups excluding carboxylic acids is 2. The number of aryl methyl sites for hydroxylation is 2. The minimum atomic E-state index is -0.767. The summed E-state index contributed by atoms with van der Waals surface area (Å²) in [6.45, 7) is 14.9. The molecule has 1 atom stereocenters. The van der Waals surface area contributed by atoms with Crippen LogP contribution in [0, 0.1) is 19.8 Å². The Bertz CT molecular complexity index is 1390. The number of nitrogens with zero attached hydrogens (tertiary/aromatic N) is 1. The second-order valence-electron chi connectivity index (χ2n) is 11.5. The van der Waals surface area contributed by atoms with Crippen molar-refractivity contribution in [2.45, 2.75) is 59.9 Å². The molecule has 0 bridgehead atoms. The number of Topliss-reactive ketones (excluding diaryl/α,β-unsaturated/α-hetero) is 1. The minimum Gasteiger partial charge on any atom is -0.507 e. The van der Waals surface area contributed by atoms with Gasteiger partial charge in [0.15, 0.2) is 0 Å². The molecule has 0 aromatic heterocycles. The van der Waals surface area contributed by atoms with Crippen molar-refractivity contribution in [3.8, 4) is 5.75 Å². The van der Waals surface area contributed by atoms with Gasteiger partial charge in [0.1, 0.15) is 11.5 Å². The van der Waals surface area contributed by atoms with Gasteiger partial charge >= 0.3 is 0 Å². The van der Waals surface area contributed by atoms with Gasteiger partial charge in [-0.2, -0.15) is 0 Å². The van der Waals surface area contributed by atoms with Gasteiger partial charge in [0.05, 0.1) is 18.2 Å². The average molecular weight is 512 g/mol. The highest BCUT2D eigenvalue weighted by molar-refractivity contribution is 6.51. The van der Waals surface area contributed by atoms with Crippen LogP contribution < -0.4 is 9.64 Å². The van der Waals surface area contributed by atoms with E-state index in [1.54, 1.807) is 12.1 Å². The molecule has 5 heteroatoms. The molecule has 1 saturated heterocycles. The smallest absolute Gasteiger partial charge is 0.300 e. The zero-order valence-electron chi connectivity index (χ0n) is 23.3. The molecule has 0 aliphatic carbocycles. The van der Waals surface area contributed by atoms with E-state index in [0.717, 1.165) is 22.3 Å². The third kappa shape index (κ3) is 5.24. The second-order valence-corrected chi connectivity index (χ2v) is 11.5. The molecule has 3 aromatic rings. The topological polar surface area (TPSA) is 66.8 Å². The zero-order chi connectivity index (χ0) is 27.8. The summed E-state index contributed by atoms with van der Waals surface area (Å²) in [6.07, 6.45) is 0. The van der Waals surface area contributed by atoms with E-state index in [1.807, 2.05) is 68.4 Å². The van der Waals surface area contributed by atoms with Gasteiger partial charge in [0.25, 0.3) is 11.7 Å². The molecule has 1 aliphatic heterocycles. The first-order chi connectivity index (χ1) is 17.9. The molecular weight excluding hydrogens is 474 g/mol. The summed E-state index contributed by atoms with van der Waals surface area (Å²) in [6, 6.07) is 20.0. The third-order valence-electron chi connectivity index (χ3n) is 6.98. The van der Waals surface area contributed by atoms with Crippen molar-refractivity contribution in [1.29, 1.82) is 0 Å². The average Bonchev–Trinajstić information content (AvgIpc) is 3.12. The summed E-state index contributed by atoms with van der Waals surface area (Å²) < 4.78 is 5.81. The second kappa shape index (κ2) is 10.5. The van der Waals surface area contributed by atoms with Crippen LogP contribution in [0.5, 0.6) is 5.75 Å². The van der Waals surface area contributed by atoms with E-state index in [2.05, 4.69) is 34.6 Å². The highest BCUT2D eigenvalue weighted by Gasteiger charge is 2.47. The van der Waals surface area contributed by atoms with Gasteiger partial charge in [-0.15, -0.1) is 0 Å². The van der Waals surface area contributed by atoms with E-state index in [9.17, 15) is 14.7 Å². The number of benzene rings is 3. The Balaban J connectivity index is 1.89. The van der Waals surface area contributed by atoms with Crippen LogP contribution in [-0.4, -0.2) is 23.4 Å². The molecule has 0 radical (unpaired) electrons. The van der Waals surface area contributed by atoms with Gasteiger partial charge in [-0.3, -0.25) is 14.5 Å². The first-order valence-corrected chi connectivity index (χ1v) is 13.1. The zero-order valence-corrected chi connectivity index (χ0v) is 23.3. The fourth-order valence-corrected chi connectivity index (χ4v) is 4.74. The molecule has 1 amide bonds. The monoisotopic (exact) mass is 511 g/mol. The maximum absolute atomic E-state index is 13.6. The predicted molar refractivity (Wildman–Crippen MR) is 153 cm³/mol. The molecule has 4 rings (SSSR count). The van der Waals surface area contributed by atoms with Gasteiger partial charge in [-0.05, 0) is 77.8 Å². The summed E-state index contributed by atoms with van der Waals surface area (Å²) in [4.78, 5) is 28.7. The quantitative estimate of drug-likeness (QED) is 0.215. The van der Waals surface area contributed by atoms with E-state index in [-0.39, 0.29) is 16.7 Å². The fourth-order valence-electron chi connectivity index (χ4n) is 4.74. The highest BCUT2D eigenvalue weighted by Crippen LogP contribution is 2.44. The molecule has 1 unspecified atom stereocenters. The number of ketones is 1. The van der Waals surface area contributed by atoms with Crippen molar-refractivity contribution < 1.29 is 19.4 Å². The molecule has 38 heavy (non-hydrogen) atoms. The van der Waals surface area contributed by atoms with Gasteiger partial charge < -0.3 is 9.84 Å². The summed E-state index contributed by atoms with van der Waals surface area (Å²) in [7, 11) is 0. The number of carbonyl (C=O) groups is 2. The number of rotatable bonds is 6. The van der Waals surface area contributed by atoms with Crippen molar-refractivity contribution >= 4 is 23.1 Å². The number of hydrogen-bond donors (Lipinski definition) is 1. The third-order valence-corrected chi connectivity index (χ3v) is 6.98. The lowest BCUT2D eigenvalue weighted by Crippen LogP contribution is -2.29. The number of hydrogen-bond acceptors (Lipinski definition) is 4. The van der Waals surface area contributed by atoms with Crippen LogP contribution in [0.15, 0.2) is 72.3 Å². The molecule has 0 saturated carbocycles. The lowest BCUT2D eigenvalue weighted by Gasteiger charge is -2.27. The summed E-state index contributed by atoms with van der Waals surface area (Å²) >= 11 is 0. The number of aliphatic hydroxyl groups is 1. The van der Waals surface area contributed by atoms with Crippen molar-refractivity contribution in [2.24, 2.45) is 5.92 Å². The molecule has 1 heterocycles. The standard InChI is InChI=1S/C33H37NO4/c1-20(2)19-38-25-16-14-24(15-17-25)34-29(26-11-9-8-10-21(26)3)28(31(36)32(34)37)30(35)27-18-23(33(5,6)7)13-12-22(27)4/h8-18,20,29,35H,19H2,1-7H3/b30-28+. The molecule has 5 nitrogen and oxygen atoms in total. The van der Waals surface area contributed by atoms with Crippen LogP contribution in [0.25, 0.3) is 5.76 Å². The van der Waals surface area contributed by atoms with Gasteiger partial charge in [0, 0.05) is 11.3 Å². The van der Waals surface area contributed by atoms with Crippen LogP contribution in [0.4, 0.5) is 5.69 Å². The lowest BCUT2D eigenvalue weighted by atomic mass is 9.84. The Morgan fingerprint density at radius 2 is 1.61 bits per heavy atom. The molecule has 1 aliphatic rings. The Hall–Kier alpha value is -3.86. The summed E-state index contributed by atoms with van der Waals surface area (Å²) in [5, 5.41) is 11.7. The highest BCUT2D eigenvalue weighted by atomic mass is 16.5. The Morgan fingerprint density at radius 1 is 0.947 bits per heavy atom. The molecule has 0 spiro atoms. The van der Waals surface area contributed by atoms with E-state index < -0.39 is 17.7 Å². The van der Waals surface area contributed by atoms with Crippen molar-refractivity contribution in [3.05, 3.63) is 100 Å². The minimum absolute atomic E-state index is 0.0959. The van der Waals surface area contributed by atoms with E-state index in [0.29, 0.717) is 29.5 Å². The molecule has 1 N–H and O–H groups in total. The lowest BCUT2D eigenvalue weighted by molar-refractivity contribution is -0.132. The van der Waals surface area contributed by atoms with Gasteiger partial charge in [-0.25, -0.2) is 0 Å². The number of anilines is 1. The van der Waals surface area contributed by atoms with Crippen LogP contribution in [0.3, 0.4) is 0 Å². The summed E-state index contributed by atoms with van der Waals surface area (Å²) in [5.41, 5.74) is 4.65. The van der Waals surface area contributed by atoms with E-state index in [1.165, 1.54) is 4.90 Å². The predicted octanol–water partition coefficient (Wildman–Crippen LogP) is 7.26. The number of aliphatic hydroxyl groups excluding tert-OH is 1. The normalized spacial score (nSPS) is 17.4. The van der Waals surface area contributed by atoms with Gasteiger partial charge in [-0.1, -0.05) is 71.0 Å². The maximum Gasteiger partial charge on any atom is 0.300 e. The van der Waals surface area contributed by atoms with E-state index in [4.69, 9.17) is 4.74 Å². The maximum atomic E-state index is 13.6. The Kier molecular flexibility index (Phi) is 7.50. The van der Waals surface area contributed by atoms with Crippen LogP contribution in [-0.2, 0) is 15.0 Å². The molecule has 1 fully saturated rings. The van der Waals surface area contributed by atoms with Crippen LogP contribution >= 0.6 is 0 Å². The van der Waals surface area contributed by atoms with Crippen molar-refractivity contribution in [1.82, 2.24) is 0 Å². The first-order valence-electron chi connectivity index (χ1n) is 13.1. The SMILES string of the molecule is Cc1ccc(C(C)(C)C)cc1/C(O)=C1\C(=O)C(=O)N(c2ccc(OCC(C)C)cc2)C1c1ccccc1C. The molecular formula is C33H37NO4. The van der Waals surface area contributed by atoms with Crippen LogP contribution in [0.1, 0.15) is 68.5 Å². The molecule has 198 valence electrons. The van der Waals surface area contributed by atoms with Crippen molar-refractivity contribution in [2.75, 3.05) is 11.5 Å². The number of amides is 1.